The van der Waals surface area contributed by atoms with Crippen molar-refractivity contribution in [1.82, 2.24) is 20.3 Å². The zero-order chi connectivity index (χ0) is 24.3. The predicted octanol–water partition coefficient (Wildman–Crippen LogP) is 3.02. The minimum atomic E-state index is -1.68. The average Bonchev–Trinajstić information content (AvgIpc) is 2.85. The number of ketones is 1. The van der Waals surface area contributed by atoms with E-state index in [0.717, 1.165) is 6.07 Å². The van der Waals surface area contributed by atoms with Crippen molar-refractivity contribution in [2.45, 2.75) is 31.4 Å². The highest BCUT2D eigenvalue weighted by Gasteiger charge is 2.47. The third-order valence-electron chi connectivity index (χ3n) is 5.72. The van der Waals surface area contributed by atoms with Crippen LogP contribution in [0.15, 0.2) is 48.9 Å². The van der Waals surface area contributed by atoms with E-state index >= 15 is 4.39 Å². The number of nitrogens with zero attached hydrogens (tertiary/aromatic N) is 4. The number of nitriles is 1. The molecule has 1 aliphatic rings. The number of carboxylic acids is 1. The van der Waals surface area contributed by atoms with Crippen molar-refractivity contribution in [3.63, 3.8) is 0 Å². The van der Waals surface area contributed by atoms with Crippen LogP contribution in [-0.2, 0) is 0 Å². The molecule has 1 fully saturated rings. The van der Waals surface area contributed by atoms with Crippen molar-refractivity contribution in [3.05, 3.63) is 71.4 Å². The summed E-state index contributed by atoms with van der Waals surface area (Å²) in [4.78, 5) is 38.1. The molecule has 9 nitrogen and oxygen atoms in total. The van der Waals surface area contributed by atoms with E-state index in [9.17, 15) is 20.0 Å². The van der Waals surface area contributed by atoms with E-state index in [1.807, 2.05) is 6.92 Å². The van der Waals surface area contributed by atoms with E-state index in [1.54, 1.807) is 12.1 Å². The van der Waals surface area contributed by atoms with Gasteiger partial charge in [-0.2, -0.15) is 5.26 Å². The van der Waals surface area contributed by atoms with Crippen LogP contribution in [-0.4, -0.2) is 50.0 Å². The Morgan fingerprint density at radius 2 is 1.94 bits per heavy atom. The molecule has 1 aromatic carbocycles. The molecule has 1 aliphatic heterocycles. The number of Topliss-reactive ketones (excluding diaryl/α,β-unsaturated/α-hetero) is 1. The highest BCUT2D eigenvalue weighted by molar-refractivity contribution is 6.07. The fraction of sp³-hybridized carbons (Fsp3) is 0.250. The Kier molecular flexibility index (Phi) is 6.30. The van der Waals surface area contributed by atoms with Gasteiger partial charge in [0.15, 0.2) is 11.4 Å². The Bertz CT molecular complexity index is 1280. The van der Waals surface area contributed by atoms with Gasteiger partial charge in [-0.1, -0.05) is 12.1 Å². The number of ether oxygens (including phenoxy) is 1. The fourth-order valence-electron chi connectivity index (χ4n) is 3.92. The topological polar surface area (TPSA) is 138 Å². The van der Waals surface area contributed by atoms with E-state index < -0.39 is 28.7 Å². The third-order valence-corrected chi connectivity index (χ3v) is 5.72. The second-order valence-corrected chi connectivity index (χ2v) is 7.94. The summed E-state index contributed by atoms with van der Waals surface area (Å²) in [6, 6.07) is 8.84. The highest BCUT2D eigenvalue weighted by atomic mass is 19.1. The lowest BCUT2D eigenvalue weighted by atomic mass is 9.82. The normalized spacial score (nSPS) is 19.7. The third kappa shape index (κ3) is 4.21. The Balaban J connectivity index is 1.86. The maximum Gasteiger partial charge on any atom is 0.342 e. The number of benzene rings is 1. The van der Waals surface area contributed by atoms with Crippen molar-refractivity contribution >= 4 is 11.8 Å². The molecule has 3 aromatic rings. The first-order valence-electron chi connectivity index (χ1n) is 10.5. The van der Waals surface area contributed by atoms with Crippen LogP contribution < -0.4 is 10.1 Å². The highest BCUT2D eigenvalue weighted by Crippen LogP contribution is 2.35. The molecule has 3 heterocycles. The number of hydrogen-bond donors (Lipinski definition) is 2. The molecule has 0 spiro atoms. The molecule has 0 radical (unpaired) electrons. The van der Waals surface area contributed by atoms with Crippen LogP contribution in [0.1, 0.15) is 46.0 Å². The number of carboxylic acid groups (broad SMARTS) is 1. The zero-order valence-corrected chi connectivity index (χ0v) is 18.2. The molecule has 34 heavy (non-hydrogen) atoms. The molecule has 10 heteroatoms. The summed E-state index contributed by atoms with van der Waals surface area (Å²) in [5, 5.41) is 22.2. The monoisotopic (exact) mass is 461 g/mol. The van der Waals surface area contributed by atoms with Gasteiger partial charge >= 0.3 is 5.97 Å². The summed E-state index contributed by atoms with van der Waals surface area (Å²) in [5.74, 6) is -3.14. The zero-order valence-electron chi connectivity index (χ0n) is 18.2. The van der Waals surface area contributed by atoms with Gasteiger partial charge in [-0.05, 0) is 38.0 Å². The number of piperidine rings is 1. The quantitative estimate of drug-likeness (QED) is 0.530. The minimum absolute atomic E-state index is 0.0199. The van der Waals surface area contributed by atoms with E-state index in [4.69, 9.17) is 4.74 Å². The van der Waals surface area contributed by atoms with E-state index in [1.165, 1.54) is 36.8 Å². The van der Waals surface area contributed by atoms with Crippen LogP contribution in [0.5, 0.6) is 5.88 Å². The number of rotatable bonds is 6. The lowest BCUT2D eigenvalue weighted by Gasteiger charge is -2.39. The predicted molar refractivity (Wildman–Crippen MR) is 118 cm³/mol. The largest absolute Gasteiger partial charge is 0.477 e. The molecule has 0 amide bonds. The lowest BCUT2D eigenvalue weighted by Crippen LogP contribution is -2.58. The van der Waals surface area contributed by atoms with Gasteiger partial charge in [0.25, 0.3) is 0 Å². The number of carbonyl (C=O) groups excluding carboxylic acids is 1. The summed E-state index contributed by atoms with van der Waals surface area (Å²) < 4.78 is 21.2. The molecule has 4 rings (SSSR count). The maximum absolute atomic E-state index is 15.1. The van der Waals surface area contributed by atoms with E-state index in [-0.39, 0.29) is 47.4 Å². The number of carbonyl (C=O) groups is 2. The standard InChI is InChI=1S/C24H20FN5O4/c1-14-6-8-24(13-30-14,34-22-18(23(32)33)15(12-26)7-11-29-22)20(31)19-16(4-2-5-17(19)25)21-27-9-3-10-28-21/h2-5,7,9-11,14,30H,6,8,13H2,1H3,(H,32,33)/t14-,24-/m1/s1. The molecule has 172 valence electrons. The maximum atomic E-state index is 15.1. The molecule has 1 saturated heterocycles. The molecular formula is C24H20FN5O4. The molecule has 0 aliphatic carbocycles. The number of nitrogens with one attached hydrogen (secondary N) is 1. The van der Waals surface area contributed by atoms with Crippen LogP contribution >= 0.6 is 0 Å². The van der Waals surface area contributed by atoms with Crippen molar-refractivity contribution in [2.24, 2.45) is 0 Å². The van der Waals surface area contributed by atoms with Gasteiger partial charge < -0.3 is 15.2 Å². The van der Waals surface area contributed by atoms with Crippen molar-refractivity contribution in [3.8, 4) is 23.3 Å². The molecule has 2 aromatic heterocycles. The Labute approximate surface area is 194 Å². The van der Waals surface area contributed by atoms with Gasteiger partial charge in [0.1, 0.15) is 17.4 Å². The first kappa shape index (κ1) is 22.9. The number of aromatic carboxylic acids is 1. The Hall–Kier alpha value is -4.23. The molecule has 0 unspecified atom stereocenters. The molecule has 0 saturated carbocycles. The second-order valence-electron chi connectivity index (χ2n) is 7.94. The number of pyridine rings is 1. The molecule has 2 N–H and O–H groups in total. The van der Waals surface area contributed by atoms with Gasteiger partial charge in [0.05, 0.1) is 11.1 Å². The van der Waals surface area contributed by atoms with Gasteiger partial charge in [0, 0.05) is 36.7 Å². The number of hydrogen-bond acceptors (Lipinski definition) is 8. The van der Waals surface area contributed by atoms with Crippen molar-refractivity contribution in [1.29, 1.82) is 5.26 Å². The molecule has 2 atom stereocenters. The molecular weight excluding hydrogens is 441 g/mol. The van der Waals surface area contributed by atoms with Crippen LogP contribution in [0.4, 0.5) is 4.39 Å². The Morgan fingerprint density at radius 1 is 1.18 bits per heavy atom. The van der Waals surface area contributed by atoms with Gasteiger partial charge in [-0.3, -0.25) is 4.79 Å². The lowest BCUT2D eigenvalue weighted by molar-refractivity contribution is 0.0248. The fourth-order valence-corrected chi connectivity index (χ4v) is 3.92. The summed E-state index contributed by atoms with van der Waals surface area (Å²) >= 11 is 0. The van der Waals surface area contributed by atoms with E-state index in [2.05, 4.69) is 20.3 Å². The Morgan fingerprint density at radius 3 is 2.59 bits per heavy atom. The summed E-state index contributed by atoms with van der Waals surface area (Å²) in [6.45, 7) is 1.91. The van der Waals surface area contributed by atoms with Crippen molar-refractivity contribution < 1.29 is 23.8 Å². The van der Waals surface area contributed by atoms with Gasteiger partial charge in [0.2, 0.25) is 11.7 Å². The summed E-state index contributed by atoms with van der Waals surface area (Å²) in [6.07, 6.45) is 4.85. The number of aromatic nitrogens is 3. The van der Waals surface area contributed by atoms with Gasteiger partial charge in [-0.15, -0.1) is 0 Å². The second kappa shape index (κ2) is 9.33. The van der Waals surface area contributed by atoms with Crippen molar-refractivity contribution in [2.75, 3.05) is 6.54 Å². The SMILES string of the molecule is C[C@@H]1CC[C@](Oc2nccc(C#N)c2C(=O)O)(C(=O)c2c(F)cccc2-c2ncccn2)CN1. The van der Waals surface area contributed by atoms with Crippen LogP contribution in [0.25, 0.3) is 11.4 Å². The van der Waals surface area contributed by atoms with Crippen LogP contribution in [0, 0.1) is 17.1 Å². The number of halogens is 1. The van der Waals surface area contributed by atoms with E-state index in [0.29, 0.717) is 6.42 Å². The van der Waals surface area contributed by atoms with Crippen LogP contribution in [0.2, 0.25) is 0 Å². The van der Waals surface area contributed by atoms with Gasteiger partial charge in [-0.25, -0.2) is 24.1 Å². The smallest absolute Gasteiger partial charge is 0.342 e. The summed E-state index contributed by atoms with van der Waals surface area (Å²) in [5.41, 5.74) is -2.39. The van der Waals surface area contributed by atoms with Crippen LogP contribution in [0.3, 0.4) is 0 Å². The first-order chi connectivity index (χ1) is 16.4. The first-order valence-corrected chi connectivity index (χ1v) is 10.5. The summed E-state index contributed by atoms with van der Waals surface area (Å²) in [7, 11) is 0. The average molecular weight is 461 g/mol. The minimum Gasteiger partial charge on any atom is -0.477 e. The molecule has 0 bridgehead atoms.